The van der Waals surface area contributed by atoms with E-state index in [1.54, 1.807) is 43.3 Å². The van der Waals surface area contributed by atoms with Gasteiger partial charge in [-0.25, -0.2) is 5.43 Å². The Hall–Kier alpha value is -4.47. The molecule has 1 aliphatic carbocycles. The van der Waals surface area contributed by atoms with E-state index in [2.05, 4.69) is 26.4 Å². The van der Waals surface area contributed by atoms with Crippen molar-refractivity contribution in [2.45, 2.75) is 26.2 Å². The fourth-order valence-corrected chi connectivity index (χ4v) is 3.57. The van der Waals surface area contributed by atoms with E-state index < -0.39 is 11.8 Å². The van der Waals surface area contributed by atoms with Crippen molar-refractivity contribution in [2.75, 3.05) is 6.61 Å². The minimum absolute atomic E-state index is 0.0735. The Morgan fingerprint density at radius 1 is 1.03 bits per heavy atom. The van der Waals surface area contributed by atoms with E-state index in [-0.39, 0.29) is 18.3 Å². The number of carbonyl (C=O) groups is 3. The van der Waals surface area contributed by atoms with E-state index in [9.17, 15) is 14.4 Å². The lowest BCUT2D eigenvalue weighted by Gasteiger charge is -2.13. The number of pyridine rings is 1. The van der Waals surface area contributed by atoms with Gasteiger partial charge in [0.1, 0.15) is 11.5 Å². The monoisotopic (exact) mass is 461 g/mol. The average Bonchev–Trinajstić information content (AvgIpc) is 3.22. The highest BCUT2D eigenvalue weighted by Gasteiger charge is 2.28. The zero-order valence-corrected chi connectivity index (χ0v) is 18.5. The van der Waals surface area contributed by atoms with E-state index in [1.165, 1.54) is 12.4 Å². The van der Waals surface area contributed by atoms with Gasteiger partial charge in [-0.2, -0.15) is 5.10 Å². The Bertz CT molecular complexity index is 1220. The smallest absolute Gasteiger partial charge is 0.305 e. The molecule has 3 amide bonds. The summed E-state index contributed by atoms with van der Waals surface area (Å²) in [5.74, 6) is -0.246. The maximum absolute atomic E-state index is 12.6. The number of ether oxygens (including phenoxy) is 1. The zero-order chi connectivity index (χ0) is 23.9. The molecule has 3 N–H and O–H groups in total. The summed E-state index contributed by atoms with van der Waals surface area (Å²) < 4.78 is 11.1. The van der Waals surface area contributed by atoms with Crippen molar-refractivity contribution in [3.05, 3.63) is 83.1 Å². The predicted molar refractivity (Wildman–Crippen MR) is 122 cm³/mol. The van der Waals surface area contributed by atoms with Crippen molar-refractivity contribution >= 4 is 23.4 Å². The molecule has 2 heterocycles. The molecular formula is C24H23N5O5. The van der Waals surface area contributed by atoms with Crippen LogP contribution in [0.25, 0.3) is 0 Å². The number of carbonyl (C=O) groups excluding carboxylic acids is 3. The van der Waals surface area contributed by atoms with E-state index in [4.69, 9.17) is 9.15 Å². The summed E-state index contributed by atoms with van der Waals surface area (Å²) in [4.78, 5) is 40.8. The molecule has 174 valence electrons. The highest BCUT2D eigenvalue weighted by molar-refractivity contribution is 6.07. The van der Waals surface area contributed by atoms with Gasteiger partial charge in [0.05, 0.1) is 5.71 Å². The molecule has 10 heteroatoms. The Labute approximate surface area is 195 Å². The molecule has 34 heavy (non-hydrogen) atoms. The molecule has 1 aliphatic rings. The van der Waals surface area contributed by atoms with Gasteiger partial charge in [-0.15, -0.1) is 0 Å². The average molecular weight is 461 g/mol. The third-order valence-corrected chi connectivity index (χ3v) is 5.20. The van der Waals surface area contributed by atoms with Crippen molar-refractivity contribution in [1.82, 2.24) is 21.3 Å². The highest BCUT2D eigenvalue weighted by Crippen LogP contribution is 2.29. The number of nitrogens with one attached hydrogen (secondary N) is 3. The van der Waals surface area contributed by atoms with Crippen LogP contribution in [0.1, 0.15) is 50.6 Å². The SMILES string of the molecule is Cc1c(C(=O)NNC(=O)COc2ccccc2)oc2c1/C(=N/NC(=O)c1ccncc1)CCC2. The summed E-state index contributed by atoms with van der Waals surface area (Å²) in [6.07, 6.45) is 5.08. The Morgan fingerprint density at radius 3 is 2.56 bits per heavy atom. The van der Waals surface area contributed by atoms with Crippen LogP contribution in [0, 0.1) is 6.92 Å². The number of para-hydroxylation sites is 1. The van der Waals surface area contributed by atoms with Crippen LogP contribution >= 0.6 is 0 Å². The fraction of sp³-hybridized carbons (Fsp3) is 0.208. The number of aryl methyl sites for hydroxylation is 1. The normalized spacial score (nSPS) is 13.6. The highest BCUT2D eigenvalue weighted by atomic mass is 16.5. The number of amides is 3. The quantitative estimate of drug-likeness (QED) is 0.482. The number of nitrogens with zero attached hydrogens (tertiary/aromatic N) is 2. The van der Waals surface area contributed by atoms with Gasteiger partial charge in [-0.1, -0.05) is 18.2 Å². The molecule has 0 radical (unpaired) electrons. The summed E-state index contributed by atoms with van der Waals surface area (Å²) in [6, 6.07) is 12.0. The fourth-order valence-electron chi connectivity index (χ4n) is 3.57. The first-order valence-corrected chi connectivity index (χ1v) is 10.7. The molecule has 3 aromatic rings. The molecule has 0 spiro atoms. The van der Waals surface area contributed by atoms with E-state index in [0.29, 0.717) is 46.8 Å². The van der Waals surface area contributed by atoms with Crippen LogP contribution in [0.15, 0.2) is 64.4 Å². The summed E-state index contributed by atoms with van der Waals surface area (Å²) in [5, 5.41) is 4.28. The second-order valence-corrected chi connectivity index (χ2v) is 7.55. The lowest BCUT2D eigenvalue weighted by atomic mass is 9.93. The molecular weight excluding hydrogens is 438 g/mol. The van der Waals surface area contributed by atoms with Gasteiger partial charge in [0.2, 0.25) is 0 Å². The van der Waals surface area contributed by atoms with Gasteiger partial charge < -0.3 is 9.15 Å². The third kappa shape index (κ3) is 5.29. The second-order valence-electron chi connectivity index (χ2n) is 7.55. The van der Waals surface area contributed by atoms with Crippen molar-refractivity contribution < 1.29 is 23.5 Å². The number of hydrazine groups is 1. The van der Waals surface area contributed by atoms with Gasteiger partial charge in [-0.3, -0.25) is 30.2 Å². The minimum atomic E-state index is -0.597. The predicted octanol–water partition coefficient (Wildman–Crippen LogP) is 2.29. The van der Waals surface area contributed by atoms with Gasteiger partial charge in [0.15, 0.2) is 12.4 Å². The summed E-state index contributed by atoms with van der Waals surface area (Å²) in [7, 11) is 0. The van der Waals surface area contributed by atoms with Crippen LogP contribution < -0.4 is 21.0 Å². The third-order valence-electron chi connectivity index (χ3n) is 5.20. The number of aromatic nitrogens is 1. The largest absolute Gasteiger partial charge is 0.484 e. The Morgan fingerprint density at radius 2 is 1.79 bits per heavy atom. The second kappa shape index (κ2) is 10.4. The van der Waals surface area contributed by atoms with Crippen molar-refractivity contribution in [1.29, 1.82) is 0 Å². The molecule has 10 nitrogen and oxygen atoms in total. The van der Waals surface area contributed by atoms with Crippen molar-refractivity contribution in [2.24, 2.45) is 5.10 Å². The number of hydrazone groups is 1. The first kappa shape index (κ1) is 22.7. The Balaban J connectivity index is 1.39. The number of hydrogen-bond donors (Lipinski definition) is 3. The van der Waals surface area contributed by atoms with Crippen LogP contribution in [0.5, 0.6) is 5.75 Å². The van der Waals surface area contributed by atoms with Crippen LogP contribution in [0.4, 0.5) is 0 Å². The van der Waals surface area contributed by atoms with Crippen molar-refractivity contribution in [3.8, 4) is 5.75 Å². The molecule has 0 fully saturated rings. The number of benzene rings is 1. The molecule has 4 rings (SSSR count). The molecule has 0 saturated heterocycles. The van der Waals surface area contributed by atoms with E-state index in [0.717, 1.165) is 6.42 Å². The maximum atomic E-state index is 12.6. The van der Waals surface area contributed by atoms with E-state index in [1.807, 2.05) is 6.07 Å². The first-order chi connectivity index (χ1) is 16.5. The molecule has 0 saturated carbocycles. The molecule has 2 aromatic heterocycles. The summed E-state index contributed by atoms with van der Waals surface area (Å²) >= 11 is 0. The topological polar surface area (TPSA) is 135 Å². The maximum Gasteiger partial charge on any atom is 0.305 e. The zero-order valence-electron chi connectivity index (χ0n) is 18.5. The van der Waals surface area contributed by atoms with Gasteiger partial charge in [-0.05, 0) is 44.0 Å². The van der Waals surface area contributed by atoms with E-state index >= 15 is 0 Å². The number of hydrogen-bond acceptors (Lipinski definition) is 7. The molecule has 1 aromatic carbocycles. The lowest BCUT2D eigenvalue weighted by Crippen LogP contribution is -2.43. The summed E-state index contributed by atoms with van der Waals surface area (Å²) in [5.41, 5.74) is 9.55. The number of rotatable bonds is 6. The number of fused-ring (bicyclic) bond motifs is 1. The lowest BCUT2D eigenvalue weighted by molar-refractivity contribution is -0.123. The first-order valence-electron chi connectivity index (χ1n) is 10.7. The van der Waals surface area contributed by atoms with Gasteiger partial charge >= 0.3 is 5.91 Å². The van der Waals surface area contributed by atoms with Gasteiger partial charge in [0.25, 0.3) is 11.8 Å². The van der Waals surface area contributed by atoms with Crippen molar-refractivity contribution in [3.63, 3.8) is 0 Å². The van der Waals surface area contributed by atoms with Crippen LogP contribution in [-0.4, -0.2) is 35.0 Å². The van der Waals surface area contributed by atoms with Crippen LogP contribution in [-0.2, 0) is 11.2 Å². The molecule has 0 bridgehead atoms. The van der Waals surface area contributed by atoms with Gasteiger partial charge in [0, 0.05) is 35.5 Å². The summed E-state index contributed by atoms with van der Waals surface area (Å²) in [6.45, 7) is 1.48. The Kier molecular flexibility index (Phi) is 6.97. The molecule has 0 unspecified atom stereocenters. The number of furan rings is 1. The standard InChI is InChI=1S/C24H23N5O5/c1-15-21-18(26-28-23(31)16-10-12-25-13-11-16)8-5-9-19(21)34-22(15)24(32)29-27-20(30)14-33-17-6-3-2-4-7-17/h2-4,6-7,10-13H,5,8-9,14H2,1H3,(H,27,30)(H,28,31)(H,29,32)/b26-18+. The minimum Gasteiger partial charge on any atom is -0.484 e. The molecule has 0 atom stereocenters. The van der Waals surface area contributed by atoms with Crippen LogP contribution in [0.2, 0.25) is 0 Å². The van der Waals surface area contributed by atoms with Crippen LogP contribution in [0.3, 0.4) is 0 Å². The molecule has 0 aliphatic heterocycles.